The second-order valence-electron chi connectivity index (χ2n) is 4.30. The van der Waals surface area contributed by atoms with Crippen LogP contribution in [-0.2, 0) is 4.74 Å². The van der Waals surface area contributed by atoms with Crippen molar-refractivity contribution in [3.05, 3.63) is 20.3 Å². The highest BCUT2D eigenvalue weighted by Gasteiger charge is 2.21. The number of aliphatic hydroxyl groups excluding tert-OH is 1. The largest absolute Gasteiger partial charge is 0.388 e. The second-order valence-corrected chi connectivity index (χ2v) is 6.58. The molecule has 1 atom stereocenters. The standard InChI is InChI=1S/C11H16Cl2O2S/c1-11(2,15-3)5-4-8(14)7-6-9(12)16-10(7)13/h6,8,14H,4-5H2,1-3H3. The number of methoxy groups -OCH3 is 1. The lowest BCUT2D eigenvalue weighted by atomic mass is 9.98. The van der Waals surface area contributed by atoms with Gasteiger partial charge in [0.2, 0.25) is 0 Å². The van der Waals surface area contributed by atoms with E-state index < -0.39 is 6.10 Å². The van der Waals surface area contributed by atoms with E-state index in [9.17, 15) is 5.11 Å². The first kappa shape index (κ1) is 14.3. The van der Waals surface area contributed by atoms with Crippen LogP contribution in [0.1, 0.15) is 38.4 Å². The molecule has 0 aromatic carbocycles. The molecule has 1 N–H and O–H groups in total. The maximum absolute atomic E-state index is 9.98. The summed E-state index contributed by atoms with van der Waals surface area (Å²) in [6, 6.07) is 1.72. The van der Waals surface area contributed by atoms with Crippen LogP contribution in [-0.4, -0.2) is 17.8 Å². The Morgan fingerprint density at radius 1 is 1.50 bits per heavy atom. The molecule has 0 spiro atoms. The van der Waals surface area contributed by atoms with Gasteiger partial charge in [0.1, 0.15) is 4.34 Å². The van der Waals surface area contributed by atoms with Crippen LogP contribution in [0.3, 0.4) is 0 Å². The molecular weight excluding hydrogens is 267 g/mol. The molecule has 0 fully saturated rings. The molecular formula is C11H16Cl2O2S. The van der Waals surface area contributed by atoms with Crippen LogP contribution in [0.15, 0.2) is 6.07 Å². The Labute approximate surface area is 110 Å². The molecule has 0 aliphatic carbocycles. The minimum atomic E-state index is -0.578. The monoisotopic (exact) mass is 282 g/mol. The smallest absolute Gasteiger partial charge is 0.100 e. The van der Waals surface area contributed by atoms with Gasteiger partial charge in [-0.05, 0) is 32.8 Å². The maximum Gasteiger partial charge on any atom is 0.100 e. The molecule has 0 aliphatic rings. The molecule has 1 unspecified atom stereocenters. The summed E-state index contributed by atoms with van der Waals surface area (Å²) in [7, 11) is 1.67. The topological polar surface area (TPSA) is 29.5 Å². The van der Waals surface area contributed by atoms with Crippen LogP contribution >= 0.6 is 34.5 Å². The second kappa shape index (κ2) is 5.69. The SMILES string of the molecule is COC(C)(C)CCC(O)c1cc(Cl)sc1Cl. The zero-order valence-corrected chi connectivity index (χ0v) is 11.9. The van der Waals surface area contributed by atoms with Crippen LogP contribution < -0.4 is 0 Å². The molecule has 1 aromatic rings. The van der Waals surface area contributed by atoms with E-state index in [0.717, 1.165) is 6.42 Å². The summed E-state index contributed by atoms with van der Waals surface area (Å²) in [4.78, 5) is 0. The number of aliphatic hydroxyl groups is 1. The number of ether oxygens (including phenoxy) is 1. The fourth-order valence-electron chi connectivity index (χ4n) is 1.32. The van der Waals surface area contributed by atoms with Gasteiger partial charge in [-0.1, -0.05) is 23.2 Å². The van der Waals surface area contributed by atoms with E-state index in [-0.39, 0.29) is 5.60 Å². The molecule has 92 valence electrons. The zero-order valence-electron chi connectivity index (χ0n) is 9.59. The van der Waals surface area contributed by atoms with E-state index in [1.54, 1.807) is 13.2 Å². The maximum atomic E-state index is 9.98. The van der Waals surface area contributed by atoms with E-state index >= 15 is 0 Å². The van der Waals surface area contributed by atoms with Gasteiger partial charge in [0, 0.05) is 12.7 Å². The number of halogens is 2. The quantitative estimate of drug-likeness (QED) is 0.873. The summed E-state index contributed by atoms with van der Waals surface area (Å²) in [6.45, 7) is 3.98. The van der Waals surface area contributed by atoms with Crippen LogP contribution in [0.4, 0.5) is 0 Å². The molecule has 1 heterocycles. The third-order valence-corrected chi connectivity index (χ3v) is 4.13. The first-order chi connectivity index (χ1) is 7.35. The third-order valence-electron chi connectivity index (χ3n) is 2.61. The summed E-state index contributed by atoms with van der Waals surface area (Å²) in [6.07, 6.45) is 0.785. The lowest BCUT2D eigenvalue weighted by Gasteiger charge is -2.24. The van der Waals surface area contributed by atoms with Gasteiger partial charge >= 0.3 is 0 Å². The Morgan fingerprint density at radius 2 is 2.12 bits per heavy atom. The van der Waals surface area contributed by atoms with Gasteiger partial charge in [0.15, 0.2) is 0 Å². The Balaban J connectivity index is 2.59. The van der Waals surface area contributed by atoms with Crippen molar-refractivity contribution in [2.45, 2.75) is 38.4 Å². The van der Waals surface area contributed by atoms with Crippen LogP contribution in [0.2, 0.25) is 8.67 Å². The van der Waals surface area contributed by atoms with Gasteiger partial charge in [-0.15, -0.1) is 11.3 Å². The fourth-order valence-corrected chi connectivity index (χ4v) is 2.89. The Hall–Kier alpha value is 0.200. The van der Waals surface area contributed by atoms with E-state index in [1.807, 2.05) is 13.8 Å². The van der Waals surface area contributed by atoms with Crippen molar-refractivity contribution in [1.29, 1.82) is 0 Å². The average molecular weight is 283 g/mol. The fraction of sp³-hybridized carbons (Fsp3) is 0.636. The van der Waals surface area contributed by atoms with Crippen molar-refractivity contribution in [3.8, 4) is 0 Å². The highest BCUT2D eigenvalue weighted by atomic mass is 35.5. The molecule has 0 aliphatic heterocycles. The van der Waals surface area contributed by atoms with Gasteiger partial charge in [-0.3, -0.25) is 0 Å². The molecule has 0 saturated carbocycles. The first-order valence-electron chi connectivity index (χ1n) is 5.03. The summed E-state index contributed by atoms with van der Waals surface area (Å²) in [5, 5.41) is 9.98. The molecule has 1 aromatic heterocycles. The van der Waals surface area contributed by atoms with Crippen molar-refractivity contribution in [1.82, 2.24) is 0 Å². The van der Waals surface area contributed by atoms with Gasteiger partial charge in [-0.25, -0.2) is 0 Å². The van der Waals surface area contributed by atoms with Crippen molar-refractivity contribution in [2.24, 2.45) is 0 Å². The summed E-state index contributed by atoms with van der Waals surface area (Å²) in [5.41, 5.74) is 0.483. The molecule has 0 radical (unpaired) electrons. The van der Waals surface area contributed by atoms with Gasteiger partial charge < -0.3 is 9.84 Å². The minimum absolute atomic E-state index is 0.229. The summed E-state index contributed by atoms with van der Waals surface area (Å²) in [5.74, 6) is 0. The Bertz CT molecular complexity index is 350. The predicted molar refractivity (Wildman–Crippen MR) is 69.6 cm³/mol. The number of hydrogen-bond acceptors (Lipinski definition) is 3. The molecule has 0 saturated heterocycles. The van der Waals surface area contributed by atoms with E-state index in [1.165, 1.54) is 11.3 Å². The lowest BCUT2D eigenvalue weighted by molar-refractivity contribution is 0.00283. The molecule has 0 amide bonds. The zero-order chi connectivity index (χ0) is 12.3. The lowest BCUT2D eigenvalue weighted by Crippen LogP contribution is -2.23. The molecule has 1 rings (SSSR count). The van der Waals surface area contributed by atoms with E-state index in [4.69, 9.17) is 27.9 Å². The summed E-state index contributed by atoms with van der Waals surface area (Å²) < 4.78 is 6.46. The van der Waals surface area contributed by atoms with Crippen LogP contribution in [0.25, 0.3) is 0 Å². The van der Waals surface area contributed by atoms with Gasteiger partial charge in [0.05, 0.1) is 16.0 Å². The van der Waals surface area contributed by atoms with E-state index in [2.05, 4.69) is 0 Å². The predicted octanol–water partition coefficient (Wildman–Crippen LogP) is 4.29. The molecule has 0 bridgehead atoms. The van der Waals surface area contributed by atoms with Crippen LogP contribution in [0, 0.1) is 0 Å². The van der Waals surface area contributed by atoms with Crippen LogP contribution in [0.5, 0.6) is 0 Å². The van der Waals surface area contributed by atoms with E-state index in [0.29, 0.717) is 20.7 Å². The van der Waals surface area contributed by atoms with Gasteiger partial charge in [0.25, 0.3) is 0 Å². The first-order valence-corrected chi connectivity index (χ1v) is 6.61. The van der Waals surface area contributed by atoms with Crippen molar-refractivity contribution >= 4 is 34.5 Å². The van der Waals surface area contributed by atoms with Crippen molar-refractivity contribution in [3.63, 3.8) is 0 Å². The van der Waals surface area contributed by atoms with Crippen molar-refractivity contribution < 1.29 is 9.84 Å². The number of hydrogen-bond donors (Lipinski definition) is 1. The summed E-state index contributed by atoms with van der Waals surface area (Å²) >= 11 is 13.1. The number of thiophene rings is 1. The molecule has 16 heavy (non-hydrogen) atoms. The normalized spacial score (nSPS) is 14.1. The highest BCUT2D eigenvalue weighted by molar-refractivity contribution is 7.20. The Kier molecular flexibility index (Phi) is 5.08. The number of rotatable bonds is 5. The molecule has 5 heteroatoms. The highest BCUT2D eigenvalue weighted by Crippen LogP contribution is 2.37. The van der Waals surface area contributed by atoms with Crippen molar-refractivity contribution in [2.75, 3.05) is 7.11 Å². The minimum Gasteiger partial charge on any atom is -0.388 e. The average Bonchev–Trinajstić information content (AvgIpc) is 2.54. The molecule has 2 nitrogen and oxygen atoms in total. The Morgan fingerprint density at radius 3 is 2.56 bits per heavy atom. The third kappa shape index (κ3) is 3.90. The van der Waals surface area contributed by atoms with Gasteiger partial charge in [-0.2, -0.15) is 0 Å².